The van der Waals surface area contributed by atoms with Crippen LogP contribution in [0.15, 0.2) is 24.3 Å². The smallest absolute Gasteiger partial charge is 0.253 e. The molecular formula is C101H176N6O10. The molecule has 5 aliphatic rings. The van der Waals surface area contributed by atoms with Crippen molar-refractivity contribution >= 4 is 59.1 Å². The normalized spacial score (nSPS) is 20.3. The van der Waals surface area contributed by atoms with E-state index in [1.54, 1.807) is 9.80 Å². The number of carbonyl (C=O) groups is 10. The number of unbranched alkanes of at least 4 members (excludes halogenated alkanes) is 36. The maximum Gasteiger partial charge on any atom is 0.253 e. The van der Waals surface area contributed by atoms with Gasteiger partial charge in [-0.15, -0.1) is 0 Å². The average molecular weight is 1630 g/mol. The maximum absolute atomic E-state index is 14.2. The maximum atomic E-state index is 14.2. The number of likely N-dealkylation sites (tertiary alicyclic amines) is 2. The van der Waals surface area contributed by atoms with Gasteiger partial charge in [0.25, 0.3) is 35.4 Å². The van der Waals surface area contributed by atoms with Gasteiger partial charge in [0.1, 0.15) is 12.1 Å². The minimum Gasteiger partial charge on any atom is -0.330 e. The molecule has 10 amide bonds. The molecule has 16 heteroatoms. The lowest BCUT2D eigenvalue weighted by Crippen LogP contribution is -2.48. The van der Waals surface area contributed by atoms with Crippen LogP contribution in [0.4, 0.5) is 0 Å². The molecule has 4 heterocycles. The molecule has 3 fully saturated rings. The van der Waals surface area contributed by atoms with Crippen molar-refractivity contribution in [2.45, 2.75) is 467 Å². The molecule has 0 bridgehead atoms. The molecule has 10 unspecified atom stereocenters. The van der Waals surface area contributed by atoms with Gasteiger partial charge in [0.05, 0.1) is 12.8 Å². The Balaban J connectivity index is 1.04. The van der Waals surface area contributed by atoms with Gasteiger partial charge in [0, 0.05) is 77.4 Å². The summed E-state index contributed by atoms with van der Waals surface area (Å²) in [5.41, 5.74) is -0.432. The van der Waals surface area contributed by atoms with Crippen molar-refractivity contribution in [3.8, 4) is 0 Å². The summed E-state index contributed by atoms with van der Waals surface area (Å²) in [7, 11) is 0. The van der Waals surface area contributed by atoms with Gasteiger partial charge in [-0.3, -0.25) is 67.5 Å². The zero-order chi connectivity index (χ0) is 85.0. The second-order valence-electron chi connectivity index (χ2n) is 38.5. The predicted molar refractivity (Wildman–Crippen MR) is 480 cm³/mol. The standard InChI is InChI=1S/C101H176N6O10/c1-11-16-20-24-34-47-59-85(58-44-22-18-13-3)88(84(56-15-5)57-46-35-26-30-40-52-72-103-93(110)67-68-94(103)111)62-49-38-28-32-42-54-74-105-97(114)77-91(99(105)116)102(82(7)108)76-71-81(6)79-101(9,10)80-107(83(8)109)92-78-98(115)106(100(92)117)75-55-43-33-29-39-51-64-90-87(61-48-36-27-31-41-53-73-104-95(112)69-70-96(104)113)66-65-86(60-45-23-19-14-4)89(90)63-50-37-25-21-17-12-2/h67-70,81,84-92H,11-66,71-80H2,1-10H3. The molecule has 0 radical (unpaired) electrons. The van der Waals surface area contributed by atoms with Gasteiger partial charge in [-0.25, -0.2) is 0 Å². The Morgan fingerprint density at radius 3 is 1.03 bits per heavy atom. The molecule has 1 aliphatic carbocycles. The minimum atomic E-state index is -0.827. The minimum absolute atomic E-state index is 0.00243. The Labute approximate surface area is 715 Å². The van der Waals surface area contributed by atoms with E-state index in [0.717, 1.165) is 131 Å². The fourth-order valence-corrected chi connectivity index (χ4v) is 21.5. The van der Waals surface area contributed by atoms with Crippen LogP contribution in [0.25, 0.3) is 0 Å². The van der Waals surface area contributed by atoms with Crippen LogP contribution in [-0.2, 0) is 47.9 Å². The van der Waals surface area contributed by atoms with Crippen molar-refractivity contribution in [1.29, 1.82) is 0 Å². The van der Waals surface area contributed by atoms with Gasteiger partial charge in [-0.05, 0) is 123 Å². The van der Waals surface area contributed by atoms with E-state index in [4.69, 9.17) is 0 Å². The van der Waals surface area contributed by atoms with Gasteiger partial charge in [-0.1, -0.05) is 357 Å². The van der Waals surface area contributed by atoms with E-state index >= 15 is 0 Å². The highest BCUT2D eigenvalue weighted by Gasteiger charge is 2.46. The number of nitrogens with zero attached hydrogens (tertiary/aromatic N) is 6. The number of hydrogen-bond acceptors (Lipinski definition) is 10. The van der Waals surface area contributed by atoms with Crippen molar-refractivity contribution in [3.63, 3.8) is 0 Å². The van der Waals surface area contributed by atoms with E-state index in [1.165, 1.54) is 327 Å². The highest BCUT2D eigenvalue weighted by molar-refractivity contribution is 6.13. The fraction of sp³-hybridized carbons (Fsp3) is 0.861. The summed E-state index contributed by atoms with van der Waals surface area (Å²) >= 11 is 0. The summed E-state index contributed by atoms with van der Waals surface area (Å²) < 4.78 is 0. The van der Waals surface area contributed by atoms with E-state index in [9.17, 15) is 47.9 Å². The summed E-state index contributed by atoms with van der Waals surface area (Å²) in [5.74, 6) is 3.56. The summed E-state index contributed by atoms with van der Waals surface area (Å²) in [5, 5.41) is 0. The predicted octanol–water partition coefficient (Wildman–Crippen LogP) is 24.5. The van der Waals surface area contributed by atoms with Crippen LogP contribution in [0.2, 0.25) is 0 Å². The van der Waals surface area contributed by atoms with E-state index in [1.807, 2.05) is 0 Å². The third-order valence-electron chi connectivity index (χ3n) is 28.1. The molecule has 0 aromatic rings. The van der Waals surface area contributed by atoms with Crippen LogP contribution in [-0.4, -0.2) is 140 Å². The molecule has 670 valence electrons. The number of carbonyl (C=O) groups excluding carboxylic acids is 10. The van der Waals surface area contributed by atoms with E-state index in [0.29, 0.717) is 52.1 Å². The molecule has 0 spiro atoms. The first-order chi connectivity index (χ1) is 56.6. The first kappa shape index (κ1) is 103. The van der Waals surface area contributed by atoms with Crippen molar-refractivity contribution in [1.82, 2.24) is 29.4 Å². The number of rotatable bonds is 73. The van der Waals surface area contributed by atoms with Crippen LogP contribution in [0.1, 0.15) is 454 Å². The molecule has 5 rings (SSSR count). The monoisotopic (exact) mass is 1630 g/mol. The fourth-order valence-electron chi connectivity index (χ4n) is 21.5. The second kappa shape index (κ2) is 60.5. The summed E-state index contributed by atoms with van der Waals surface area (Å²) in [4.78, 5) is 139. The lowest BCUT2D eigenvalue weighted by molar-refractivity contribution is -0.144. The second-order valence-corrected chi connectivity index (χ2v) is 38.5. The third-order valence-corrected chi connectivity index (χ3v) is 28.1. The average Bonchev–Trinajstić information content (AvgIpc) is 1.76. The topological polar surface area (TPSA) is 190 Å². The molecule has 10 atom stereocenters. The number of amides is 10. The van der Waals surface area contributed by atoms with Gasteiger partial charge < -0.3 is 9.80 Å². The third kappa shape index (κ3) is 38.9. The number of imide groups is 4. The lowest BCUT2D eigenvalue weighted by atomic mass is 9.61. The summed E-state index contributed by atoms with van der Waals surface area (Å²) in [6.45, 7) is 23.4. The van der Waals surface area contributed by atoms with Gasteiger partial charge in [0.15, 0.2) is 0 Å². The Kier molecular flexibility index (Phi) is 53.0. The molecule has 0 N–H and O–H groups in total. The molecule has 2 saturated heterocycles. The van der Waals surface area contributed by atoms with Crippen LogP contribution < -0.4 is 0 Å². The molecule has 4 aliphatic heterocycles. The van der Waals surface area contributed by atoms with E-state index in [-0.39, 0.29) is 77.8 Å². The molecule has 1 saturated carbocycles. The van der Waals surface area contributed by atoms with Gasteiger partial charge in [0.2, 0.25) is 23.6 Å². The first-order valence-corrected chi connectivity index (χ1v) is 49.9. The summed E-state index contributed by atoms with van der Waals surface area (Å²) in [6.07, 6.45) is 76.1. The Bertz CT molecular complexity index is 2870. The van der Waals surface area contributed by atoms with Crippen LogP contribution in [0.5, 0.6) is 0 Å². The van der Waals surface area contributed by atoms with Crippen molar-refractivity contribution in [2.24, 2.45) is 52.8 Å². The number of hydrogen-bond donors (Lipinski definition) is 0. The van der Waals surface area contributed by atoms with Crippen LogP contribution in [0, 0.1) is 52.8 Å². The Hall–Kier alpha value is -5.02. The lowest BCUT2D eigenvalue weighted by Gasteiger charge is -2.44. The summed E-state index contributed by atoms with van der Waals surface area (Å²) in [6, 6.07) is -1.64. The molecule has 0 aromatic carbocycles. The quantitative estimate of drug-likeness (QED) is 0.0418. The first-order valence-electron chi connectivity index (χ1n) is 49.9. The highest BCUT2D eigenvalue weighted by atomic mass is 16.2. The largest absolute Gasteiger partial charge is 0.330 e. The Morgan fingerprint density at radius 2 is 0.658 bits per heavy atom. The zero-order valence-electron chi connectivity index (χ0n) is 77.0. The molecule has 16 nitrogen and oxygen atoms in total. The zero-order valence-corrected chi connectivity index (χ0v) is 77.0. The Morgan fingerprint density at radius 1 is 0.359 bits per heavy atom. The molecular weight excluding hydrogens is 1460 g/mol. The van der Waals surface area contributed by atoms with E-state index in [2.05, 4.69) is 55.4 Å². The van der Waals surface area contributed by atoms with Crippen molar-refractivity contribution < 1.29 is 47.9 Å². The van der Waals surface area contributed by atoms with Crippen molar-refractivity contribution in [2.75, 3.05) is 39.3 Å². The van der Waals surface area contributed by atoms with Gasteiger partial charge in [-0.2, -0.15) is 0 Å². The van der Waals surface area contributed by atoms with Crippen molar-refractivity contribution in [3.05, 3.63) is 24.3 Å². The van der Waals surface area contributed by atoms with E-state index < -0.39 is 17.5 Å². The SMILES string of the molecule is CCCCCCCCC(CCCCCC)C(CCCCCCCCN1C(=O)CC(N(CCC(C)CC(C)(C)CN(C(C)=O)C2CC(=O)N(CCCCCCCCC3C(CCCCCCCCN4C(=O)C=CC4=O)CCC(CCCCCC)C3CCCCCCCC)C2=O)C(C)=O)C1=O)C(CCC)CCCCCCCCN1C(=O)C=CC1=O. The van der Waals surface area contributed by atoms with Crippen LogP contribution >= 0.6 is 0 Å². The van der Waals surface area contributed by atoms with Gasteiger partial charge >= 0.3 is 0 Å². The molecule has 0 aromatic heterocycles. The van der Waals surface area contributed by atoms with Crippen LogP contribution in [0.3, 0.4) is 0 Å². The molecule has 117 heavy (non-hydrogen) atoms. The highest BCUT2D eigenvalue weighted by Crippen LogP contribution is 2.48.